The molecule has 1 amide bonds. The van der Waals surface area contributed by atoms with E-state index in [4.69, 9.17) is 32.7 Å². The van der Waals surface area contributed by atoms with E-state index in [1.54, 1.807) is 0 Å². The smallest absolute Gasteiger partial charge is 0.338 e. The number of halogens is 2. The van der Waals surface area contributed by atoms with Crippen molar-refractivity contribution in [3.8, 4) is 5.75 Å². The first-order valence-electron chi connectivity index (χ1n) is 7.05. The molecule has 0 aliphatic carbocycles. The lowest BCUT2D eigenvalue weighted by atomic mass is 10.2. The van der Waals surface area contributed by atoms with Gasteiger partial charge in [-0.15, -0.1) is 0 Å². The molecule has 0 atom stereocenters. The van der Waals surface area contributed by atoms with Gasteiger partial charge in [-0.2, -0.15) is 0 Å². The Morgan fingerprint density at radius 3 is 2.38 bits per heavy atom. The van der Waals surface area contributed by atoms with Crippen LogP contribution in [-0.4, -0.2) is 30.5 Å². The predicted molar refractivity (Wildman–Crippen MR) is 95.0 cm³/mol. The number of hydrogen-bond acceptors (Lipinski definition) is 6. The van der Waals surface area contributed by atoms with Gasteiger partial charge < -0.3 is 14.8 Å². The van der Waals surface area contributed by atoms with Crippen LogP contribution in [0.1, 0.15) is 10.4 Å². The normalized spacial score (nSPS) is 10.1. The molecule has 0 unspecified atom stereocenters. The van der Waals surface area contributed by atoms with Crippen molar-refractivity contribution in [1.82, 2.24) is 0 Å². The zero-order valence-corrected chi connectivity index (χ0v) is 14.8. The van der Waals surface area contributed by atoms with E-state index in [1.807, 2.05) is 0 Å². The average molecular weight is 399 g/mol. The summed E-state index contributed by atoms with van der Waals surface area (Å²) in [6, 6.07) is 8.03. The minimum absolute atomic E-state index is 0.0531. The number of rotatable bonds is 6. The van der Waals surface area contributed by atoms with Crippen molar-refractivity contribution in [3.63, 3.8) is 0 Å². The van der Waals surface area contributed by atoms with Crippen LogP contribution in [-0.2, 0) is 9.53 Å². The summed E-state index contributed by atoms with van der Waals surface area (Å²) in [6.45, 7) is -0.647. The van der Waals surface area contributed by atoms with Crippen molar-refractivity contribution >= 4 is 46.5 Å². The van der Waals surface area contributed by atoms with E-state index in [2.05, 4.69) is 5.32 Å². The van der Waals surface area contributed by atoms with Crippen molar-refractivity contribution in [2.75, 3.05) is 19.0 Å². The van der Waals surface area contributed by atoms with Gasteiger partial charge in [0.25, 0.3) is 11.6 Å². The highest BCUT2D eigenvalue weighted by atomic mass is 35.5. The summed E-state index contributed by atoms with van der Waals surface area (Å²) in [5.74, 6) is -1.30. The number of anilines is 1. The summed E-state index contributed by atoms with van der Waals surface area (Å²) >= 11 is 11.6. The van der Waals surface area contributed by atoms with Crippen LogP contribution in [0.5, 0.6) is 5.75 Å². The summed E-state index contributed by atoms with van der Waals surface area (Å²) in [5, 5.41) is 13.9. The van der Waals surface area contributed by atoms with Gasteiger partial charge in [0.15, 0.2) is 6.61 Å². The van der Waals surface area contributed by atoms with Gasteiger partial charge in [-0.25, -0.2) is 4.79 Å². The van der Waals surface area contributed by atoms with Crippen LogP contribution in [0.2, 0.25) is 10.0 Å². The fourth-order valence-electron chi connectivity index (χ4n) is 1.97. The van der Waals surface area contributed by atoms with Crippen LogP contribution < -0.4 is 10.1 Å². The number of nitrogens with one attached hydrogen (secondary N) is 1. The standard InChI is InChI=1S/C16H12Cl2N2O6/c1-25-12-2-3-13(14(7-12)20(23)24)19-15(21)8-26-16(22)9-4-10(17)6-11(18)5-9/h2-7H,8H2,1H3,(H,19,21). The Morgan fingerprint density at radius 1 is 1.15 bits per heavy atom. The number of benzene rings is 2. The summed E-state index contributed by atoms with van der Waals surface area (Å²) in [4.78, 5) is 34.2. The maximum atomic E-state index is 11.9. The van der Waals surface area contributed by atoms with Gasteiger partial charge in [-0.3, -0.25) is 14.9 Å². The first-order valence-corrected chi connectivity index (χ1v) is 7.81. The summed E-state index contributed by atoms with van der Waals surface area (Å²) in [5.41, 5.74) is -0.334. The lowest BCUT2D eigenvalue weighted by molar-refractivity contribution is -0.384. The Balaban J connectivity index is 2.03. The van der Waals surface area contributed by atoms with Crippen LogP contribution in [0.3, 0.4) is 0 Å². The molecule has 26 heavy (non-hydrogen) atoms. The number of nitro benzene ring substituents is 1. The first-order chi connectivity index (χ1) is 12.3. The van der Waals surface area contributed by atoms with E-state index >= 15 is 0 Å². The predicted octanol–water partition coefficient (Wildman–Crippen LogP) is 3.71. The van der Waals surface area contributed by atoms with Gasteiger partial charge in [0.1, 0.15) is 11.4 Å². The molecule has 8 nitrogen and oxygen atoms in total. The van der Waals surface area contributed by atoms with Gasteiger partial charge in [0.2, 0.25) is 0 Å². The molecule has 0 saturated carbocycles. The largest absolute Gasteiger partial charge is 0.496 e. The zero-order valence-electron chi connectivity index (χ0n) is 13.3. The van der Waals surface area contributed by atoms with Crippen LogP contribution in [0.25, 0.3) is 0 Å². The van der Waals surface area contributed by atoms with E-state index in [1.165, 1.54) is 37.4 Å². The van der Waals surface area contributed by atoms with Crippen molar-refractivity contribution in [1.29, 1.82) is 0 Å². The minimum atomic E-state index is -0.811. The molecule has 0 aromatic heterocycles. The molecule has 0 fully saturated rings. The third-order valence-electron chi connectivity index (χ3n) is 3.11. The Kier molecular flexibility index (Phi) is 6.37. The van der Waals surface area contributed by atoms with Gasteiger partial charge in [0.05, 0.1) is 23.7 Å². The van der Waals surface area contributed by atoms with Gasteiger partial charge in [0, 0.05) is 10.0 Å². The molecule has 0 radical (unpaired) electrons. The topological polar surface area (TPSA) is 108 Å². The average Bonchev–Trinajstić information content (AvgIpc) is 2.59. The van der Waals surface area contributed by atoms with Crippen LogP contribution in [0.15, 0.2) is 36.4 Å². The maximum Gasteiger partial charge on any atom is 0.338 e. The number of hydrogen-bond donors (Lipinski definition) is 1. The fourth-order valence-corrected chi connectivity index (χ4v) is 2.49. The monoisotopic (exact) mass is 398 g/mol. The van der Waals surface area contributed by atoms with E-state index in [-0.39, 0.29) is 32.7 Å². The molecule has 2 aromatic rings. The van der Waals surface area contributed by atoms with E-state index < -0.39 is 23.4 Å². The summed E-state index contributed by atoms with van der Waals surface area (Å²) in [7, 11) is 1.36. The fraction of sp³-hybridized carbons (Fsp3) is 0.125. The highest BCUT2D eigenvalue weighted by molar-refractivity contribution is 6.35. The molecule has 0 bridgehead atoms. The maximum absolute atomic E-state index is 11.9. The molecular formula is C16H12Cl2N2O6. The summed E-state index contributed by atoms with van der Waals surface area (Å²) in [6.07, 6.45) is 0. The lowest BCUT2D eigenvalue weighted by Gasteiger charge is -2.08. The van der Waals surface area contributed by atoms with E-state index in [0.717, 1.165) is 6.07 Å². The number of carbonyl (C=O) groups is 2. The third kappa shape index (κ3) is 5.08. The molecule has 2 aromatic carbocycles. The first kappa shape index (κ1) is 19.5. The molecular weight excluding hydrogens is 387 g/mol. The van der Waals surface area contributed by atoms with Crippen molar-refractivity contribution in [3.05, 3.63) is 62.1 Å². The second-order valence-electron chi connectivity index (χ2n) is 4.92. The Labute approximate surface area is 157 Å². The van der Waals surface area contributed by atoms with Gasteiger partial charge in [-0.1, -0.05) is 23.2 Å². The van der Waals surface area contributed by atoms with Crippen molar-refractivity contribution in [2.45, 2.75) is 0 Å². The Morgan fingerprint density at radius 2 is 1.81 bits per heavy atom. The number of ether oxygens (including phenoxy) is 2. The van der Waals surface area contributed by atoms with E-state index in [0.29, 0.717) is 0 Å². The second kappa shape index (κ2) is 8.50. The molecule has 0 spiro atoms. The number of esters is 1. The van der Waals surface area contributed by atoms with Crippen LogP contribution >= 0.6 is 23.2 Å². The van der Waals surface area contributed by atoms with Gasteiger partial charge in [-0.05, 0) is 30.3 Å². The molecule has 0 saturated heterocycles. The molecule has 0 heterocycles. The number of amides is 1. The number of nitrogens with zero attached hydrogens (tertiary/aromatic N) is 1. The summed E-state index contributed by atoms with van der Waals surface area (Å²) < 4.78 is 9.76. The molecule has 0 aliphatic heterocycles. The molecule has 0 aliphatic rings. The van der Waals surface area contributed by atoms with Crippen molar-refractivity contribution in [2.24, 2.45) is 0 Å². The van der Waals surface area contributed by atoms with E-state index in [9.17, 15) is 19.7 Å². The number of carbonyl (C=O) groups excluding carboxylic acids is 2. The molecule has 1 N–H and O–H groups in total. The third-order valence-corrected chi connectivity index (χ3v) is 3.54. The Hall–Kier alpha value is -2.84. The quantitative estimate of drug-likeness (QED) is 0.451. The lowest BCUT2D eigenvalue weighted by Crippen LogP contribution is -2.21. The van der Waals surface area contributed by atoms with Gasteiger partial charge >= 0.3 is 5.97 Å². The second-order valence-corrected chi connectivity index (χ2v) is 5.80. The molecule has 2 rings (SSSR count). The minimum Gasteiger partial charge on any atom is -0.496 e. The van der Waals surface area contributed by atoms with Crippen LogP contribution in [0, 0.1) is 10.1 Å². The Bertz CT molecular complexity index is 852. The highest BCUT2D eigenvalue weighted by Gasteiger charge is 2.18. The number of methoxy groups -OCH3 is 1. The number of nitro groups is 1. The SMILES string of the molecule is COc1ccc(NC(=O)COC(=O)c2cc(Cl)cc(Cl)c2)c([N+](=O)[O-])c1. The van der Waals surface area contributed by atoms with Crippen LogP contribution in [0.4, 0.5) is 11.4 Å². The van der Waals surface area contributed by atoms with Crippen molar-refractivity contribution < 1.29 is 24.0 Å². The zero-order chi connectivity index (χ0) is 19.3. The highest BCUT2D eigenvalue weighted by Crippen LogP contribution is 2.28. The molecule has 10 heteroatoms. The molecule has 136 valence electrons.